The molecule has 0 aromatic heterocycles. The lowest BCUT2D eigenvalue weighted by atomic mass is 9.91. The van der Waals surface area contributed by atoms with Crippen LogP contribution < -0.4 is 10.6 Å². The minimum absolute atomic E-state index is 0.00785. The molecule has 7 N–H and O–H groups in total. The second-order valence-corrected chi connectivity index (χ2v) is 13.5. The van der Waals surface area contributed by atoms with Crippen LogP contribution >= 0.6 is 0 Å². The normalized spacial score (nSPS) is 26.9. The second-order valence-electron chi connectivity index (χ2n) is 13.5. The van der Waals surface area contributed by atoms with Crippen LogP contribution in [0, 0.1) is 0 Å². The third kappa shape index (κ3) is 9.24. The first-order chi connectivity index (χ1) is 27.1. The fourth-order valence-electron chi connectivity index (χ4n) is 6.84. The lowest BCUT2D eigenvalue weighted by Gasteiger charge is -2.39. The number of benzene rings is 3. The number of carbonyl (C=O) groups excluding carboxylic acids is 3. The minimum atomic E-state index is -1.59. The number of hydrogen-bond acceptors (Lipinski definition) is 13. The van der Waals surface area contributed by atoms with Gasteiger partial charge in [-0.15, -0.1) is 0 Å². The highest BCUT2D eigenvalue weighted by Gasteiger charge is 2.55. The van der Waals surface area contributed by atoms with Crippen LogP contribution in [0.4, 0.5) is 0 Å². The first kappa shape index (κ1) is 40.8. The summed E-state index contributed by atoms with van der Waals surface area (Å²) >= 11 is 0. The van der Waals surface area contributed by atoms with Crippen LogP contribution in [0.3, 0.4) is 0 Å². The Labute approximate surface area is 323 Å². The Kier molecular flexibility index (Phi) is 13.8. The summed E-state index contributed by atoms with van der Waals surface area (Å²) in [5.74, 6) is -2.91. The Hall–Kier alpha value is -4.81. The van der Waals surface area contributed by atoms with Gasteiger partial charge in [-0.05, 0) is 17.7 Å². The standard InChI is InChI=1S/C41H46N2O13/c44-20-19-42-33(46)17-18-43-38(50)26-22-30(37-31(23-26)55-41(56-37,27-12-3-1-4-13-27)28-14-5-2-6-15-28)53-39(51)29-16-8-7-10-25(29)11-9-21-52-40-36(49)35(48)34(47)32(24-45)54-40/h1-16,23,30-32,34-37,40,44-45,47-49H,17-22,24H2,(H,42,46)(H,43,50). The Morgan fingerprint density at radius 3 is 2.18 bits per heavy atom. The summed E-state index contributed by atoms with van der Waals surface area (Å²) in [6, 6.07) is 25.3. The quantitative estimate of drug-likeness (QED) is 0.106. The van der Waals surface area contributed by atoms with Crippen molar-refractivity contribution in [1.82, 2.24) is 10.6 Å². The summed E-state index contributed by atoms with van der Waals surface area (Å²) in [5.41, 5.74) is 2.32. The molecule has 0 spiro atoms. The van der Waals surface area contributed by atoms with Crippen LogP contribution in [-0.4, -0.2) is 125 Å². The Bertz CT molecular complexity index is 1810. The van der Waals surface area contributed by atoms with Crippen molar-refractivity contribution in [1.29, 1.82) is 0 Å². The zero-order valence-electron chi connectivity index (χ0n) is 30.4. The van der Waals surface area contributed by atoms with Crippen LogP contribution in [0.2, 0.25) is 0 Å². The van der Waals surface area contributed by atoms with Gasteiger partial charge in [0.1, 0.15) is 42.7 Å². The SMILES string of the molecule is O=C(CCNC(=O)C1=CC2OC(c3ccccc3)(c3ccccc3)OC2C(OC(=O)c2ccccc2C=CCOC2OC(CO)C(O)C(O)C2O)C1)NCCO. The van der Waals surface area contributed by atoms with E-state index in [0.717, 1.165) is 0 Å². The van der Waals surface area contributed by atoms with Crippen LogP contribution in [0.5, 0.6) is 0 Å². The first-order valence-corrected chi connectivity index (χ1v) is 18.4. The maximum absolute atomic E-state index is 14.0. The van der Waals surface area contributed by atoms with E-state index in [2.05, 4.69) is 10.6 Å². The average Bonchev–Trinajstić information content (AvgIpc) is 3.63. The number of aliphatic hydroxyl groups is 5. The van der Waals surface area contributed by atoms with Crippen molar-refractivity contribution in [3.05, 3.63) is 125 Å². The Morgan fingerprint density at radius 1 is 0.821 bits per heavy atom. The summed E-state index contributed by atoms with van der Waals surface area (Å²) in [4.78, 5) is 39.6. The smallest absolute Gasteiger partial charge is 0.339 e. The van der Waals surface area contributed by atoms with E-state index in [4.69, 9.17) is 28.8 Å². The minimum Gasteiger partial charge on any atom is -0.456 e. The molecule has 3 aliphatic rings. The zero-order chi connectivity index (χ0) is 39.7. The van der Waals surface area contributed by atoms with Gasteiger partial charge in [0.05, 0.1) is 25.4 Å². The van der Waals surface area contributed by atoms with E-state index < -0.39 is 73.3 Å². The van der Waals surface area contributed by atoms with E-state index in [1.807, 2.05) is 60.7 Å². The molecular weight excluding hydrogens is 728 g/mol. The lowest BCUT2D eigenvalue weighted by molar-refractivity contribution is -0.298. The number of rotatable bonds is 15. The van der Waals surface area contributed by atoms with E-state index in [-0.39, 0.29) is 56.2 Å². The van der Waals surface area contributed by atoms with Crippen molar-refractivity contribution in [2.45, 2.75) is 67.6 Å². The summed E-state index contributed by atoms with van der Waals surface area (Å²) in [6.45, 7) is -0.797. The molecule has 56 heavy (non-hydrogen) atoms. The van der Waals surface area contributed by atoms with Crippen LogP contribution in [-0.2, 0) is 39.1 Å². The van der Waals surface area contributed by atoms with Crippen LogP contribution in [0.15, 0.2) is 103 Å². The van der Waals surface area contributed by atoms with E-state index in [1.165, 1.54) is 0 Å². The molecule has 8 unspecified atom stereocenters. The molecule has 15 heteroatoms. The molecule has 6 rings (SSSR count). The van der Waals surface area contributed by atoms with Crippen molar-refractivity contribution in [3.63, 3.8) is 0 Å². The number of hydrogen-bond donors (Lipinski definition) is 7. The maximum Gasteiger partial charge on any atom is 0.339 e. The van der Waals surface area contributed by atoms with Crippen molar-refractivity contribution >= 4 is 23.9 Å². The Balaban J connectivity index is 1.22. The zero-order valence-corrected chi connectivity index (χ0v) is 30.4. The molecule has 2 saturated heterocycles. The molecule has 0 saturated carbocycles. The van der Waals surface area contributed by atoms with Gasteiger partial charge in [-0.25, -0.2) is 4.79 Å². The van der Waals surface area contributed by atoms with Crippen molar-refractivity contribution in [3.8, 4) is 0 Å². The van der Waals surface area contributed by atoms with Gasteiger partial charge in [-0.2, -0.15) is 0 Å². The third-order valence-electron chi connectivity index (χ3n) is 9.69. The van der Waals surface area contributed by atoms with E-state index >= 15 is 0 Å². The third-order valence-corrected chi connectivity index (χ3v) is 9.69. The monoisotopic (exact) mass is 774 g/mol. The highest BCUT2D eigenvalue weighted by Crippen LogP contribution is 2.47. The predicted octanol–water partition coefficient (Wildman–Crippen LogP) is 0.672. The van der Waals surface area contributed by atoms with Crippen LogP contribution in [0.1, 0.15) is 39.9 Å². The predicted molar refractivity (Wildman–Crippen MR) is 198 cm³/mol. The molecule has 2 aliphatic heterocycles. The first-order valence-electron chi connectivity index (χ1n) is 18.4. The largest absolute Gasteiger partial charge is 0.456 e. The average molecular weight is 775 g/mol. The molecule has 2 fully saturated rings. The summed E-state index contributed by atoms with van der Waals surface area (Å²) in [7, 11) is 0. The fraction of sp³-hybridized carbons (Fsp3) is 0.390. The number of fused-ring (bicyclic) bond motifs is 1. The van der Waals surface area contributed by atoms with Crippen molar-refractivity contribution in [2.75, 3.05) is 32.9 Å². The molecule has 3 aromatic rings. The van der Waals surface area contributed by atoms with Gasteiger partial charge >= 0.3 is 5.97 Å². The van der Waals surface area contributed by atoms with Gasteiger partial charge in [0.25, 0.3) is 0 Å². The number of amides is 2. The number of ether oxygens (including phenoxy) is 5. The van der Waals surface area contributed by atoms with E-state index in [0.29, 0.717) is 16.7 Å². The van der Waals surface area contributed by atoms with Gasteiger partial charge in [-0.3, -0.25) is 9.59 Å². The van der Waals surface area contributed by atoms with Gasteiger partial charge in [0.15, 0.2) is 6.29 Å². The molecule has 3 aromatic carbocycles. The maximum atomic E-state index is 14.0. The van der Waals surface area contributed by atoms with Crippen molar-refractivity contribution in [2.24, 2.45) is 0 Å². The molecule has 0 bridgehead atoms. The van der Waals surface area contributed by atoms with Crippen molar-refractivity contribution < 1.29 is 63.6 Å². The molecule has 8 atom stereocenters. The van der Waals surface area contributed by atoms with Gasteiger partial charge in [-0.1, -0.05) is 91.0 Å². The lowest BCUT2D eigenvalue weighted by Crippen LogP contribution is -2.59. The number of esters is 1. The van der Waals surface area contributed by atoms with Gasteiger partial charge < -0.3 is 59.9 Å². The molecule has 0 radical (unpaired) electrons. The van der Waals surface area contributed by atoms with E-state index in [9.17, 15) is 34.8 Å². The highest BCUT2D eigenvalue weighted by molar-refractivity contribution is 5.95. The molecule has 1 aliphatic carbocycles. The molecule has 2 amide bonds. The fourth-order valence-corrected chi connectivity index (χ4v) is 6.84. The molecule has 298 valence electrons. The summed E-state index contributed by atoms with van der Waals surface area (Å²) < 4.78 is 30.6. The molecule has 2 heterocycles. The van der Waals surface area contributed by atoms with Gasteiger partial charge in [0.2, 0.25) is 17.6 Å². The topological polar surface area (TPSA) is 223 Å². The van der Waals surface area contributed by atoms with Gasteiger partial charge in [0, 0.05) is 42.6 Å². The number of nitrogens with one attached hydrogen (secondary N) is 2. The molecular formula is C41H46N2O13. The van der Waals surface area contributed by atoms with E-state index in [1.54, 1.807) is 42.5 Å². The second kappa shape index (κ2) is 18.9. The number of aliphatic hydroxyl groups excluding tert-OH is 5. The number of carbonyl (C=O) groups is 3. The summed E-state index contributed by atoms with van der Waals surface area (Å²) in [6.07, 6.45) is -5.00. The van der Waals surface area contributed by atoms with Crippen LogP contribution in [0.25, 0.3) is 6.08 Å². The summed E-state index contributed by atoms with van der Waals surface area (Å²) in [5, 5.41) is 54.1. The molecule has 15 nitrogen and oxygen atoms in total. The Morgan fingerprint density at radius 2 is 1.50 bits per heavy atom. The highest BCUT2D eigenvalue weighted by atomic mass is 16.8.